The summed E-state index contributed by atoms with van der Waals surface area (Å²) >= 11 is 0. The molecule has 1 rings (SSSR count). The molecule has 1 saturated carbocycles. The fourth-order valence-electron chi connectivity index (χ4n) is 1.01. The molecule has 0 N–H and O–H groups in total. The standard InChI is InChI=1S/C7H14O3S/c1-6(2)10-11(8,9)7-4-3-5-7/h6-7H,3-5H2,1-2H3. The van der Waals surface area contributed by atoms with Crippen LogP contribution in [0, 0.1) is 0 Å². The number of hydrogen-bond donors (Lipinski definition) is 0. The van der Waals surface area contributed by atoms with Gasteiger partial charge in [0.05, 0.1) is 11.4 Å². The van der Waals surface area contributed by atoms with Crippen LogP contribution in [0.3, 0.4) is 0 Å². The van der Waals surface area contributed by atoms with Crippen LogP contribution in [0.1, 0.15) is 33.1 Å². The van der Waals surface area contributed by atoms with Crippen LogP contribution in [-0.4, -0.2) is 19.8 Å². The second-order valence-electron chi connectivity index (χ2n) is 3.19. The molecule has 0 saturated heterocycles. The molecule has 0 aliphatic heterocycles. The minimum absolute atomic E-state index is 0.218. The van der Waals surface area contributed by atoms with Gasteiger partial charge in [-0.3, -0.25) is 4.18 Å². The van der Waals surface area contributed by atoms with E-state index in [1.807, 2.05) is 0 Å². The van der Waals surface area contributed by atoms with Crippen LogP contribution in [0.5, 0.6) is 0 Å². The van der Waals surface area contributed by atoms with E-state index in [0.717, 1.165) is 19.3 Å². The van der Waals surface area contributed by atoms with E-state index in [9.17, 15) is 8.42 Å². The highest BCUT2D eigenvalue weighted by Crippen LogP contribution is 2.27. The van der Waals surface area contributed by atoms with E-state index < -0.39 is 10.1 Å². The Morgan fingerprint density at radius 1 is 1.36 bits per heavy atom. The first-order chi connectivity index (χ1) is 5.02. The van der Waals surface area contributed by atoms with E-state index in [1.165, 1.54) is 0 Å². The maximum absolute atomic E-state index is 11.2. The molecule has 0 spiro atoms. The van der Waals surface area contributed by atoms with Crippen molar-refractivity contribution in [1.82, 2.24) is 0 Å². The smallest absolute Gasteiger partial charge is 0.267 e. The van der Waals surface area contributed by atoms with Gasteiger partial charge in [0.15, 0.2) is 0 Å². The Hall–Kier alpha value is -0.0900. The van der Waals surface area contributed by atoms with Crippen molar-refractivity contribution in [1.29, 1.82) is 0 Å². The Kier molecular flexibility index (Phi) is 2.54. The monoisotopic (exact) mass is 178 g/mol. The third-order valence-corrected chi connectivity index (χ3v) is 3.73. The highest BCUT2D eigenvalue weighted by atomic mass is 32.2. The molecule has 0 aromatic carbocycles. The molecule has 4 heteroatoms. The molecule has 0 aromatic heterocycles. The summed E-state index contributed by atoms with van der Waals surface area (Å²) in [4.78, 5) is 0. The summed E-state index contributed by atoms with van der Waals surface area (Å²) in [6.07, 6.45) is 2.34. The van der Waals surface area contributed by atoms with Crippen LogP contribution in [0.15, 0.2) is 0 Å². The van der Waals surface area contributed by atoms with Crippen molar-refractivity contribution in [2.45, 2.75) is 44.5 Å². The average Bonchev–Trinajstić information content (AvgIpc) is 1.50. The molecular formula is C7H14O3S. The molecule has 1 fully saturated rings. The molecule has 1 aliphatic carbocycles. The van der Waals surface area contributed by atoms with Crippen molar-refractivity contribution >= 4 is 10.1 Å². The van der Waals surface area contributed by atoms with Crippen LogP contribution in [0.4, 0.5) is 0 Å². The zero-order chi connectivity index (χ0) is 8.48. The van der Waals surface area contributed by atoms with E-state index in [2.05, 4.69) is 0 Å². The Labute approximate surface area is 67.9 Å². The van der Waals surface area contributed by atoms with Gasteiger partial charge in [0.25, 0.3) is 10.1 Å². The van der Waals surface area contributed by atoms with Crippen molar-refractivity contribution in [3.63, 3.8) is 0 Å². The highest BCUT2D eigenvalue weighted by Gasteiger charge is 2.32. The second-order valence-corrected chi connectivity index (χ2v) is 5.04. The van der Waals surface area contributed by atoms with Crippen LogP contribution in [0.25, 0.3) is 0 Å². The summed E-state index contributed by atoms with van der Waals surface area (Å²) in [6.45, 7) is 3.46. The summed E-state index contributed by atoms with van der Waals surface area (Å²) in [5, 5.41) is -0.218. The molecule has 0 atom stereocenters. The van der Waals surface area contributed by atoms with E-state index in [-0.39, 0.29) is 11.4 Å². The summed E-state index contributed by atoms with van der Waals surface area (Å²) < 4.78 is 27.2. The van der Waals surface area contributed by atoms with Crippen molar-refractivity contribution < 1.29 is 12.6 Å². The lowest BCUT2D eigenvalue weighted by molar-refractivity contribution is 0.236. The first-order valence-corrected chi connectivity index (χ1v) is 5.41. The SMILES string of the molecule is CC(C)OS(=O)(=O)C1CCC1. The first kappa shape index (κ1) is 9.00. The molecule has 3 nitrogen and oxygen atoms in total. The van der Waals surface area contributed by atoms with Crippen LogP contribution < -0.4 is 0 Å². The minimum Gasteiger partial charge on any atom is -0.267 e. The molecule has 1 aliphatic rings. The van der Waals surface area contributed by atoms with Crippen molar-refractivity contribution in [3.05, 3.63) is 0 Å². The zero-order valence-corrected chi connectivity index (χ0v) is 7.73. The Morgan fingerprint density at radius 3 is 2.18 bits per heavy atom. The van der Waals surface area contributed by atoms with Gasteiger partial charge in [0.2, 0.25) is 0 Å². The largest absolute Gasteiger partial charge is 0.270 e. The van der Waals surface area contributed by atoms with Gasteiger partial charge in [-0.1, -0.05) is 6.42 Å². The van der Waals surface area contributed by atoms with Gasteiger partial charge in [-0.25, -0.2) is 0 Å². The summed E-state index contributed by atoms with van der Waals surface area (Å²) in [5.74, 6) is 0. The van der Waals surface area contributed by atoms with E-state index in [4.69, 9.17) is 4.18 Å². The second kappa shape index (κ2) is 3.11. The third kappa shape index (κ3) is 2.17. The Balaban J connectivity index is 2.52. The summed E-state index contributed by atoms with van der Waals surface area (Å²) in [6, 6.07) is 0. The molecule has 0 aromatic rings. The van der Waals surface area contributed by atoms with Gasteiger partial charge in [-0.05, 0) is 26.7 Å². The van der Waals surface area contributed by atoms with Gasteiger partial charge in [-0.2, -0.15) is 8.42 Å². The number of hydrogen-bond acceptors (Lipinski definition) is 3. The molecule has 11 heavy (non-hydrogen) atoms. The van der Waals surface area contributed by atoms with Crippen LogP contribution in [-0.2, 0) is 14.3 Å². The molecule has 0 amide bonds. The van der Waals surface area contributed by atoms with Gasteiger partial charge >= 0.3 is 0 Å². The molecule has 0 radical (unpaired) electrons. The zero-order valence-electron chi connectivity index (χ0n) is 6.91. The predicted molar refractivity (Wildman–Crippen MR) is 42.8 cm³/mol. The van der Waals surface area contributed by atoms with Crippen molar-refractivity contribution in [2.75, 3.05) is 0 Å². The normalized spacial score (nSPS) is 20.3. The quantitative estimate of drug-likeness (QED) is 0.612. The topological polar surface area (TPSA) is 43.4 Å². The third-order valence-electron chi connectivity index (χ3n) is 1.79. The van der Waals surface area contributed by atoms with E-state index in [1.54, 1.807) is 13.8 Å². The number of rotatable bonds is 3. The lowest BCUT2D eigenvalue weighted by Crippen LogP contribution is -2.31. The Bertz CT molecular complexity index is 214. The first-order valence-electron chi connectivity index (χ1n) is 3.94. The molecule has 0 heterocycles. The van der Waals surface area contributed by atoms with Gasteiger partial charge in [-0.15, -0.1) is 0 Å². The fourth-order valence-corrected chi connectivity index (χ4v) is 2.61. The Morgan fingerprint density at radius 2 is 1.91 bits per heavy atom. The molecule has 0 bridgehead atoms. The van der Waals surface area contributed by atoms with Crippen LogP contribution >= 0.6 is 0 Å². The maximum atomic E-state index is 11.2. The van der Waals surface area contributed by atoms with E-state index in [0.29, 0.717) is 0 Å². The highest BCUT2D eigenvalue weighted by molar-refractivity contribution is 7.87. The minimum atomic E-state index is -3.22. The average molecular weight is 178 g/mol. The van der Waals surface area contributed by atoms with Gasteiger partial charge in [0, 0.05) is 0 Å². The molecule has 0 unspecified atom stereocenters. The van der Waals surface area contributed by atoms with Crippen molar-refractivity contribution in [2.24, 2.45) is 0 Å². The van der Waals surface area contributed by atoms with E-state index >= 15 is 0 Å². The lowest BCUT2D eigenvalue weighted by Gasteiger charge is -2.25. The van der Waals surface area contributed by atoms with Crippen LogP contribution in [0.2, 0.25) is 0 Å². The van der Waals surface area contributed by atoms with Crippen molar-refractivity contribution in [3.8, 4) is 0 Å². The maximum Gasteiger partial charge on any atom is 0.270 e. The molecular weight excluding hydrogens is 164 g/mol. The van der Waals surface area contributed by atoms with Gasteiger partial charge in [0.1, 0.15) is 0 Å². The predicted octanol–water partition coefficient (Wildman–Crippen LogP) is 1.29. The molecule has 66 valence electrons. The summed E-state index contributed by atoms with van der Waals surface area (Å²) in [5.41, 5.74) is 0. The summed E-state index contributed by atoms with van der Waals surface area (Å²) in [7, 11) is -3.22. The van der Waals surface area contributed by atoms with Gasteiger partial charge < -0.3 is 0 Å². The fraction of sp³-hybridized carbons (Fsp3) is 1.00. The lowest BCUT2D eigenvalue weighted by atomic mass is 10.0.